The second-order valence-corrected chi connectivity index (χ2v) is 7.72. The molecule has 0 N–H and O–H groups in total. The fraction of sp³-hybridized carbons (Fsp3) is 0.391. The third kappa shape index (κ3) is 4.27. The molecule has 0 spiro atoms. The van der Waals surface area contributed by atoms with Gasteiger partial charge in [0.2, 0.25) is 0 Å². The van der Waals surface area contributed by atoms with Crippen LogP contribution in [0.1, 0.15) is 48.7 Å². The van der Waals surface area contributed by atoms with Crippen molar-refractivity contribution in [2.45, 2.75) is 51.5 Å². The Hall–Kier alpha value is -2.86. The molecule has 0 radical (unpaired) electrons. The third-order valence-electron chi connectivity index (χ3n) is 5.16. The van der Waals surface area contributed by atoms with Crippen LogP contribution in [0.3, 0.4) is 0 Å². The van der Waals surface area contributed by atoms with Gasteiger partial charge in [-0.15, -0.1) is 0 Å². The summed E-state index contributed by atoms with van der Waals surface area (Å²) in [6.07, 6.45) is 4.05. The summed E-state index contributed by atoms with van der Waals surface area (Å²) in [5, 5.41) is 5.61. The predicted molar refractivity (Wildman–Crippen MR) is 110 cm³/mol. The van der Waals surface area contributed by atoms with Gasteiger partial charge in [-0.2, -0.15) is 5.10 Å². The number of methoxy groups -OCH3 is 1. The number of benzene rings is 2. The molecule has 29 heavy (non-hydrogen) atoms. The largest absolute Gasteiger partial charge is 0.490 e. The summed E-state index contributed by atoms with van der Waals surface area (Å²) in [5.74, 6) is 0.0931. The van der Waals surface area contributed by atoms with Crippen LogP contribution in [0.5, 0.6) is 5.75 Å². The lowest BCUT2D eigenvalue weighted by Gasteiger charge is -2.35. The van der Waals surface area contributed by atoms with E-state index in [4.69, 9.17) is 19.3 Å². The van der Waals surface area contributed by atoms with Crippen LogP contribution in [0.15, 0.2) is 48.7 Å². The van der Waals surface area contributed by atoms with E-state index < -0.39 is 5.97 Å². The van der Waals surface area contributed by atoms with Crippen molar-refractivity contribution in [3.05, 3.63) is 59.8 Å². The van der Waals surface area contributed by atoms with Gasteiger partial charge >= 0.3 is 5.97 Å². The molecule has 0 unspecified atom stereocenters. The SMILES string of the molecule is COC(=O)c1cc2cn(C3CC(OCc4ccccc4)C3)nc2cc1OC(C)C. The molecule has 1 aromatic heterocycles. The van der Waals surface area contributed by atoms with Crippen molar-refractivity contribution < 1.29 is 19.0 Å². The molecule has 4 rings (SSSR count). The van der Waals surface area contributed by atoms with Crippen LogP contribution >= 0.6 is 0 Å². The highest BCUT2D eigenvalue weighted by atomic mass is 16.5. The number of esters is 1. The van der Waals surface area contributed by atoms with Gasteiger partial charge in [0.05, 0.1) is 37.5 Å². The number of carbonyl (C=O) groups is 1. The van der Waals surface area contributed by atoms with Gasteiger partial charge in [0, 0.05) is 17.6 Å². The zero-order chi connectivity index (χ0) is 20.4. The first-order valence-electron chi connectivity index (χ1n) is 9.97. The Kier molecular flexibility index (Phi) is 5.53. The molecule has 1 heterocycles. The van der Waals surface area contributed by atoms with E-state index >= 15 is 0 Å². The molecule has 0 amide bonds. The Labute approximate surface area is 170 Å². The van der Waals surface area contributed by atoms with Crippen LogP contribution in [-0.4, -0.2) is 35.1 Å². The fourth-order valence-corrected chi connectivity index (χ4v) is 3.56. The summed E-state index contributed by atoms with van der Waals surface area (Å²) >= 11 is 0. The molecular weight excluding hydrogens is 368 g/mol. The molecule has 6 heteroatoms. The number of hydrogen-bond acceptors (Lipinski definition) is 5. The molecule has 2 aromatic carbocycles. The van der Waals surface area contributed by atoms with Crippen LogP contribution in [0.25, 0.3) is 10.9 Å². The lowest BCUT2D eigenvalue weighted by atomic mass is 9.89. The number of hydrogen-bond donors (Lipinski definition) is 0. The number of ether oxygens (including phenoxy) is 3. The van der Waals surface area contributed by atoms with Crippen molar-refractivity contribution >= 4 is 16.9 Å². The van der Waals surface area contributed by atoms with E-state index in [0.717, 1.165) is 23.7 Å². The van der Waals surface area contributed by atoms with Crippen LogP contribution in [-0.2, 0) is 16.1 Å². The lowest BCUT2D eigenvalue weighted by molar-refractivity contribution is -0.0382. The van der Waals surface area contributed by atoms with Gasteiger partial charge in [0.15, 0.2) is 0 Å². The maximum atomic E-state index is 12.2. The Morgan fingerprint density at radius 2 is 1.97 bits per heavy atom. The van der Waals surface area contributed by atoms with E-state index in [1.54, 1.807) is 6.07 Å². The van der Waals surface area contributed by atoms with E-state index in [0.29, 0.717) is 24.0 Å². The molecule has 1 aliphatic rings. The first kappa shape index (κ1) is 19.5. The molecule has 0 aliphatic heterocycles. The Morgan fingerprint density at radius 3 is 2.66 bits per heavy atom. The summed E-state index contributed by atoms with van der Waals surface area (Å²) in [7, 11) is 1.37. The Morgan fingerprint density at radius 1 is 1.21 bits per heavy atom. The molecule has 152 valence electrons. The quantitative estimate of drug-likeness (QED) is 0.551. The van der Waals surface area contributed by atoms with Crippen LogP contribution in [0.4, 0.5) is 0 Å². The van der Waals surface area contributed by atoms with Gasteiger partial charge in [0.1, 0.15) is 11.3 Å². The molecule has 0 atom stereocenters. The number of carbonyl (C=O) groups excluding carboxylic acids is 1. The van der Waals surface area contributed by atoms with Crippen LogP contribution < -0.4 is 4.74 Å². The zero-order valence-corrected chi connectivity index (χ0v) is 17.0. The Balaban J connectivity index is 1.46. The first-order chi connectivity index (χ1) is 14.0. The smallest absolute Gasteiger partial charge is 0.341 e. The van der Waals surface area contributed by atoms with E-state index in [1.165, 1.54) is 12.7 Å². The van der Waals surface area contributed by atoms with Gasteiger partial charge in [0.25, 0.3) is 0 Å². The first-order valence-corrected chi connectivity index (χ1v) is 9.97. The van der Waals surface area contributed by atoms with Gasteiger partial charge < -0.3 is 14.2 Å². The summed E-state index contributed by atoms with van der Waals surface area (Å²) in [5.41, 5.74) is 2.42. The normalized spacial score (nSPS) is 18.6. The minimum absolute atomic E-state index is 0.0490. The number of nitrogens with zero attached hydrogens (tertiary/aromatic N) is 2. The fourth-order valence-electron chi connectivity index (χ4n) is 3.56. The lowest BCUT2D eigenvalue weighted by Crippen LogP contribution is -2.33. The van der Waals surface area contributed by atoms with E-state index in [2.05, 4.69) is 12.1 Å². The highest BCUT2D eigenvalue weighted by Gasteiger charge is 2.32. The maximum absolute atomic E-state index is 12.2. The molecule has 0 saturated heterocycles. The predicted octanol–water partition coefficient (Wildman–Crippen LogP) is 4.53. The minimum atomic E-state index is -0.409. The van der Waals surface area contributed by atoms with Crippen LogP contribution in [0, 0.1) is 0 Å². The van der Waals surface area contributed by atoms with Crippen molar-refractivity contribution in [3.8, 4) is 5.75 Å². The molecule has 1 saturated carbocycles. The highest BCUT2D eigenvalue weighted by Crippen LogP contribution is 2.36. The summed E-state index contributed by atoms with van der Waals surface area (Å²) in [6.45, 7) is 4.49. The second kappa shape index (κ2) is 8.25. The Bertz CT molecular complexity index is 991. The zero-order valence-electron chi connectivity index (χ0n) is 17.0. The standard InChI is InChI=1S/C23H26N2O4/c1-15(2)29-22-12-21-17(9-20(22)23(26)27-3)13-25(24-21)18-10-19(11-18)28-14-16-7-5-4-6-8-16/h4-9,12-13,15,18-19H,10-11,14H2,1-3H3. The van der Waals surface area contributed by atoms with E-state index in [1.807, 2.05) is 49.0 Å². The van der Waals surface area contributed by atoms with Crippen molar-refractivity contribution in [1.29, 1.82) is 0 Å². The van der Waals surface area contributed by atoms with Crippen LogP contribution in [0.2, 0.25) is 0 Å². The summed E-state index contributed by atoms with van der Waals surface area (Å²) in [4.78, 5) is 12.2. The average Bonchev–Trinajstić information content (AvgIpc) is 3.08. The number of rotatable bonds is 7. The summed E-state index contributed by atoms with van der Waals surface area (Å²) in [6, 6.07) is 14.1. The molecule has 3 aromatic rings. The van der Waals surface area contributed by atoms with Crippen molar-refractivity contribution in [3.63, 3.8) is 0 Å². The van der Waals surface area contributed by atoms with Gasteiger partial charge in [-0.3, -0.25) is 4.68 Å². The molecule has 1 aliphatic carbocycles. The third-order valence-corrected chi connectivity index (χ3v) is 5.16. The van der Waals surface area contributed by atoms with Gasteiger partial charge in [-0.05, 0) is 38.3 Å². The molecular formula is C23H26N2O4. The molecule has 1 fully saturated rings. The van der Waals surface area contributed by atoms with Gasteiger partial charge in [-0.1, -0.05) is 30.3 Å². The molecule has 0 bridgehead atoms. The van der Waals surface area contributed by atoms with Gasteiger partial charge in [-0.25, -0.2) is 4.79 Å². The van der Waals surface area contributed by atoms with Crippen molar-refractivity contribution in [1.82, 2.24) is 9.78 Å². The van der Waals surface area contributed by atoms with Crippen molar-refractivity contribution in [2.75, 3.05) is 7.11 Å². The highest BCUT2D eigenvalue weighted by molar-refractivity contribution is 5.97. The van der Waals surface area contributed by atoms with E-state index in [-0.39, 0.29) is 12.2 Å². The summed E-state index contributed by atoms with van der Waals surface area (Å²) < 4.78 is 18.7. The van der Waals surface area contributed by atoms with Crippen molar-refractivity contribution in [2.24, 2.45) is 0 Å². The maximum Gasteiger partial charge on any atom is 0.341 e. The topological polar surface area (TPSA) is 62.6 Å². The number of fused-ring (bicyclic) bond motifs is 1. The average molecular weight is 394 g/mol. The number of aromatic nitrogens is 2. The monoisotopic (exact) mass is 394 g/mol. The minimum Gasteiger partial charge on any atom is -0.490 e. The van der Waals surface area contributed by atoms with E-state index in [9.17, 15) is 4.79 Å². The molecule has 6 nitrogen and oxygen atoms in total. The second-order valence-electron chi connectivity index (χ2n) is 7.72.